The van der Waals surface area contributed by atoms with Crippen molar-refractivity contribution in [2.24, 2.45) is 0 Å². The first-order valence-corrected chi connectivity index (χ1v) is 9.64. The Hall–Kier alpha value is -2.86. The molecular weight excluding hydrogens is 376 g/mol. The van der Waals surface area contributed by atoms with Crippen LogP contribution in [0.1, 0.15) is 35.9 Å². The third kappa shape index (κ3) is 3.60. The van der Waals surface area contributed by atoms with Gasteiger partial charge in [-0.25, -0.2) is 4.79 Å². The van der Waals surface area contributed by atoms with E-state index in [1.807, 2.05) is 44.2 Å². The van der Waals surface area contributed by atoms with Gasteiger partial charge in [0.05, 0.1) is 0 Å². The van der Waals surface area contributed by atoms with E-state index in [9.17, 15) is 4.79 Å². The number of hydrogen-bond acceptors (Lipinski definition) is 4. The zero-order valence-corrected chi connectivity index (χ0v) is 16.5. The van der Waals surface area contributed by atoms with E-state index >= 15 is 0 Å². The molecule has 2 amide bonds. The van der Waals surface area contributed by atoms with Gasteiger partial charge in [0.2, 0.25) is 11.7 Å². The summed E-state index contributed by atoms with van der Waals surface area (Å²) in [7, 11) is 0. The predicted octanol–water partition coefficient (Wildman–Crippen LogP) is 5.38. The molecule has 2 aromatic carbocycles. The Morgan fingerprint density at radius 2 is 2.07 bits per heavy atom. The van der Waals surface area contributed by atoms with Gasteiger partial charge in [-0.15, -0.1) is 0 Å². The van der Waals surface area contributed by atoms with Crippen LogP contribution < -0.4 is 5.32 Å². The Morgan fingerprint density at radius 1 is 1.25 bits per heavy atom. The summed E-state index contributed by atoms with van der Waals surface area (Å²) < 4.78 is 5.49. The molecule has 0 radical (unpaired) electrons. The van der Waals surface area contributed by atoms with Crippen LogP contribution >= 0.6 is 11.6 Å². The van der Waals surface area contributed by atoms with Gasteiger partial charge in [-0.3, -0.25) is 0 Å². The number of nitrogens with one attached hydrogen (secondary N) is 1. The minimum absolute atomic E-state index is 0.154. The first kappa shape index (κ1) is 18.5. The molecule has 0 unspecified atom stereocenters. The van der Waals surface area contributed by atoms with E-state index in [0.717, 1.165) is 35.2 Å². The van der Waals surface area contributed by atoms with Crippen molar-refractivity contribution in [3.05, 3.63) is 64.5 Å². The van der Waals surface area contributed by atoms with Crippen molar-refractivity contribution in [1.29, 1.82) is 0 Å². The Balaban J connectivity index is 1.54. The summed E-state index contributed by atoms with van der Waals surface area (Å²) in [6.45, 7) is 4.68. The molecular formula is C21H21ClN4O2. The highest BCUT2D eigenvalue weighted by Gasteiger charge is 2.34. The van der Waals surface area contributed by atoms with Gasteiger partial charge in [-0.2, -0.15) is 4.98 Å². The average Bonchev–Trinajstić information content (AvgIpc) is 3.34. The fraction of sp³-hybridized carbons (Fsp3) is 0.286. The number of benzene rings is 2. The number of nitrogens with zero attached hydrogens (tertiary/aromatic N) is 3. The van der Waals surface area contributed by atoms with Crippen LogP contribution in [-0.4, -0.2) is 27.6 Å². The number of amides is 2. The van der Waals surface area contributed by atoms with Crippen molar-refractivity contribution in [3.8, 4) is 11.4 Å². The number of urea groups is 1. The lowest BCUT2D eigenvalue weighted by Gasteiger charge is -2.23. The molecule has 2 heterocycles. The summed E-state index contributed by atoms with van der Waals surface area (Å²) in [5.41, 5.74) is 3.80. The highest BCUT2D eigenvalue weighted by atomic mass is 35.5. The third-order valence-corrected chi connectivity index (χ3v) is 5.40. The zero-order chi connectivity index (χ0) is 19.7. The number of likely N-dealkylation sites (tertiary alicyclic amines) is 1. The highest BCUT2D eigenvalue weighted by Crippen LogP contribution is 2.33. The highest BCUT2D eigenvalue weighted by molar-refractivity contribution is 6.30. The van der Waals surface area contributed by atoms with E-state index in [2.05, 4.69) is 15.5 Å². The van der Waals surface area contributed by atoms with Crippen LogP contribution in [0.25, 0.3) is 11.4 Å². The van der Waals surface area contributed by atoms with Gasteiger partial charge in [0.15, 0.2) is 0 Å². The molecule has 0 spiro atoms. The monoisotopic (exact) mass is 396 g/mol. The zero-order valence-electron chi connectivity index (χ0n) is 15.8. The number of aryl methyl sites for hydroxylation is 1. The Kier molecular flexibility index (Phi) is 5.05. The second kappa shape index (κ2) is 7.64. The molecule has 7 heteroatoms. The summed E-state index contributed by atoms with van der Waals surface area (Å²) in [4.78, 5) is 19.2. The number of anilines is 1. The van der Waals surface area contributed by atoms with E-state index < -0.39 is 0 Å². The number of aromatic nitrogens is 2. The van der Waals surface area contributed by atoms with Crippen LogP contribution in [0.15, 0.2) is 47.0 Å². The first-order valence-electron chi connectivity index (χ1n) is 9.26. The topological polar surface area (TPSA) is 71.3 Å². The van der Waals surface area contributed by atoms with Crippen molar-refractivity contribution in [1.82, 2.24) is 15.0 Å². The van der Waals surface area contributed by atoms with Gasteiger partial charge in [0.25, 0.3) is 0 Å². The molecule has 0 aliphatic carbocycles. The fourth-order valence-corrected chi connectivity index (χ4v) is 3.65. The van der Waals surface area contributed by atoms with E-state index in [4.69, 9.17) is 16.1 Å². The lowest BCUT2D eigenvalue weighted by molar-refractivity contribution is 0.193. The van der Waals surface area contributed by atoms with Crippen LogP contribution in [0.5, 0.6) is 0 Å². The molecule has 0 bridgehead atoms. The quantitative estimate of drug-likeness (QED) is 0.645. The largest absolute Gasteiger partial charge is 0.337 e. The number of carbonyl (C=O) groups excluding carboxylic acids is 1. The average molecular weight is 397 g/mol. The second-order valence-corrected chi connectivity index (χ2v) is 7.43. The number of hydrogen-bond donors (Lipinski definition) is 1. The molecule has 1 fully saturated rings. The molecule has 144 valence electrons. The van der Waals surface area contributed by atoms with Crippen LogP contribution in [0, 0.1) is 13.8 Å². The predicted molar refractivity (Wildman–Crippen MR) is 108 cm³/mol. The SMILES string of the molecule is Cc1cccc(NC(=O)N2CCC[C@H]2c2nc(-c3cccc(Cl)c3)no2)c1C. The number of halogens is 1. The second-order valence-electron chi connectivity index (χ2n) is 7.00. The van der Waals surface area contributed by atoms with E-state index in [0.29, 0.717) is 23.3 Å². The smallest absolute Gasteiger partial charge is 0.322 e. The first-order chi connectivity index (χ1) is 13.5. The summed E-state index contributed by atoms with van der Waals surface area (Å²) in [5.74, 6) is 0.919. The van der Waals surface area contributed by atoms with Gasteiger partial charge in [-0.1, -0.05) is 41.0 Å². The molecule has 0 saturated carbocycles. The van der Waals surface area contributed by atoms with Crippen LogP contribution in [-0.2, 0) is 0 Å². The molecule has 6 nitrogen and oxygen atoms in total. The van der Waals surface area contributed by atoms with Crippen molar-refractivity contribution in [3.63, 3.8) is 0 Å². The van der Waals surface area contributed by atoms with Crippen LogP contribution in [0.2, 0.25) is 5.02 Å². The van der Waals surface area contributed by atoms with Crippen LogP contribution in [0.3, 0.4) is 0 Å². The van der Waals surface area contributed by atoms with Crippen molar-refractivity contribution < 1.29 is 9.32 Å². The van der Waals surface area contributed by atoms with Gasteiger partial charge in [0, 0.05) is 22.8 Å². The summed E-state index contributed by atoms with van der Waals surface area (Å²) in [6, 6.07) is 12.8. The maximum atomic E-state index is 12.9. The molecule has 4 rings (SSSR count). The lowest BCUT2D eigenvalue weighted by atomic mass is 10.1. The summed E-state index contributed by atoms with van der Waals surface area (Å²) >= 11 is 6.05. The van der Waals surface area contributed by atoms with E-state index in [-0.39, 0.29) is 12.1 Å². The van der Waals surface area contributed by atoms with E-state index in [1.54, 1.807) is 17.0 Å². The molecule has 1 saturated heterocycles. The molecule has 28 heavy (non-hydrogen) atoms. The van der Waals surface area contributed by atoms with Crippen molar-refractivity contribution >= 4 is 23.3 Å². The number of rotatable bonds is 3. The van der Waals surface area contributed by atoms with Gasteiger partial charge in [-0.05, 0) is 56.0 Å². The molecule has 1 N–H and O–H groups in total. The van der Waals surface area contributed by atoms with Gasteiger partial charge >= 0.3 is 6.03 Å². The molecule has 1 atom stereocenters. The van der Waals surface area contributed by atoms with Crippen molar-refractivity contribution in [2.75, 3.05) is 11.9 Å². The standard InChI is InChI=1S/C21H21ClN4O2/c1-13-6-3-9-17(14(13)2)23-21(27)26-11-5-10-18(26)20-24-19(25-28-20)15-7-4-8-16(22)12-15/h3-4,6-9,12,18H,5,10-11H2,1-2H3,(H,23,27)/t18-/m0/s1. The van der Waals surface area contributed by atoms with Gasteiger partial charge < -0.3 is 14.7 Å². The Labute approximate surface area is 168 Å². The van der Waals surface area contributed by atoms with Gasteiger partial charge in [0.1, 0.15) is 6.04 Å². The Morgan fingerprint density at radius 3 is 2.89 bits per heavy atom. The van der Waals surface area contributed by atoms with Crippen molar-refractivity contribution in [2.45, 2.75) is 32.7 Å². The van der Waals surface area contributed by atoms with E-state index in [1.165, 1.54) is 0 Å². The molecule has 3 aromatic rings. The summed E-state index contributed by atoms with van der Waals surface area (Å²) in [6.07, 6.45) is 1.68. The summed E-state index contributed by atoms with van der Waals surface area (Å²) in [5, 5.41) is 7.70. The maximum Gasteiger partial charge on any atom is 0.322 e. The number of carbonyl (C=O) groups is 1. The molecule has 1 aliphatic rings. The minimum atomic E-state index is -0.231. The Bertz CT molecular complexity index is 1020. The molecule has 1 aliphatic heterocycles. The molecule has 1 aromatic heterocycles. The lowest BCUT2D eigenvalue weighted by Crippen LogP contribution is -2.34. The fourth-order valence-electron chi connectivity index (χ4n) is 3.46. The van der Waals surface area contributed by atoms with Crippen LogP contribution in [0.4, 0.5) is 10.5 Å². The third-order valence-electron chi connectivity index (χ3n) is 5.17. The normalized spacial score (nSPS) is 16.4. The minimum Gasteiger partial charge on any atom is -0.337 e. The maximum absolute atomic E-state index is 12.9.